The van der Waals surface area contributed by atoms with E-state index in [2.05, 4.69) is 10.6 Å². The van der Waals surface area contributed by atoms with Crippen molar-refractivity contribution in [1.82, 2.24) is 10.6 Å². The van der Waals surface area contributed by atoms with Crippen molar-refractivity contribution in [2.45, 2.75) is 40.5 Å². The van der Waals surface area contributed by atoms with Crippen LogP contribution in [0.25, 0.3) is 0 Å². The van der Waals surface area contributed by atoms with E-state index in [1.54, 1.807) is 13.8 Å². The van der Waals surface area contributed by atoms with Crippen molar-refractivity contribution in [1.29, 1.82) is 0 Å². The number of nitrogens with one attached hydrogen (secondary N) is 2. The molecule has 2 N–H and O–H groups in total. The molecule has 0 rings (SSSR count). The highest BCUT2D eigenvalue weighted by atomic mass is 16.2. The van der Waals surface area contributed by atoms with Gasteiger partial charge in [0, 0.05) is 13.1 Å². The lowest BCUT2D eigenvalue weighted by molar-refractivity contribution is -0.141. The van der Waals surface area contributed by atoms with Gasteiger partial charge < -0.3 is 10.6 Å². The highest BCUT2D eigenvalue weighted by molar-refractivity contribution is 6.04. The van der Waals surface area contributed by atoms with Gasteiger partial charge in [0.25, 0.3) is 0 Å². The predicted octanol–water partition coefficient (Wildman–Crippen LogP) is 1.06. The van der Waals surface area contributed by atoms with Crippen LogP contribution in [0.4, 0.5) is 0 Å². The van der Waals surface area contributed by atoms with E-state index < -0.39 is 5.41 Å². The van der Waals surface area contributed by atoms with Gasteiger partial charge in [0.15, 0.2) is 0 Å². The molecule has 0 aliphatic heterocycles. The molecule has 0 bridgehead atoms. The molecule has 2 amide bonds. The third-order valence-corrected chi connectivity index (χ3v) is 2.21. The molecule has 88 valence electrons. The molecular weight excluding hydrogens is 192 g/mol. The molecular formula is C11H22N2O2. The van der Waals surface area contributed by atoms with Crippen LogP contribution in [0.2, 0.25) is 0 Å². The summed E-state index contributed by atoms with van der Waals surface area (Å²) in [6.45, 7) is 8.47. The molecule has 0 saturated carbocycles. The second-order valence-corrected chi connectivity index (χ2v) is 4.14. The van der Waals surface area contributed by atoms with Gasteiger partial charge >= 0.3 is 0 Å². The Morgan fingerprint density at radius 2 is 1.27 bits per heavy atom. The van der Waals surface area contributed by atoms with Crippen molar-refractivity contribution in [2.75, 3.05) is 13.1 Å². The Labute approximate surface area is 91.8 Å². The number of hydrogen-bond acceptors (Lipinski definition) is 2. The fraction of sp³-hybridized carbons (Fsp3) is 0.818. The van der Waals surface area contributed by atoms with Crippen molar-refractivity contribution >= 4 is 11.8 Å². The fourth-order valence-corrected chi connectivity index (χ4v) is 1.02. The highest BCUT2D eigenvalue weighted by Crippen LogP contribution is 2.15. The summed E-state index contributed by atoms with van der Waals surface area (Å²) in [5, 5.41) is 5.46. The molecule has 0 atom stereocenters. The Kier molecular flexibility index (Phi) is 5.97. The SMILES string of the molecule is CCCNC(=O)C(C)(C)C(=O)NCCC. The first-order chi connectivity index (χ1) is 6.96. The Hall–Kier alpha value is -1.06. The molecule has 0 radical (unpaired) electrons. The summed E-state index contributed by atoms with van der Waals surface area (Å²) in [4.78, 5) is 23.3. The molecule has 0 unspecified atom stereocenters. The van der Waals surface area contributed by atoms with Gasteiger partial charge in [-0.05, 0) is 26.7 Å². The van der Waals surface area contributed by atoms with E-state index in [9.17, 15) is 9.59 Å². The zero-order valence-electron chi connectivity index (χ0n) is 10.1. The molecule has 0 heterocycles. The van der Waals surface area contributed by atoms with Crippen LogP contribution < -0.4 is 10.6 Å². The second-order valence-electron chi connectivity index (χ2n) is 4.14. The van der Waals surface area contributed by atoms with Crippen LogP contribution in [-0.4, -0.2) is 24.9 Å². The standard InChI is InChI=1S/C11H22N2O2/c1-5-7-12-9(14)11(3,4)10(15)13-8-6-2/h5-8H2,1-4H3,(H,12,14)(H,13,15). The highest BCUT2D eigenvalue weighted by Gasteiger charge is 2.35. The summed E-state index contributed by atoms with van der Waals surface area (Å²) < 4.78 is 0. The Morgan fingerprint density at radius 3 is 1.53 bits per heavy atom. The number of rotatable bonds is 6. The summed E-state index contributed by atoms with van der Waals surface area (Å²) in [6.07, 6.45) is 1.75. The number of carbonyl (C=O) groups is 2. The summed E-state index contributed by atoms with van der Waals surface area (Å²) in [7, 11) is 0. The van der Waals surface area contributed by atoms with E-state index in [-0.39, 0.29) is 11.8 Å². The van der Waals surface area contributed by atoms with Crippen LogP contribution in [0.5, 0.6) is 0 Å². The van der Waals surface area contributed by atoms with Crippen molar-refractivity contribution in [3.8, 4) is 0 Å². The van der Waals surface area contributed by atoms with Gasteiger partial charge in [-0.2, -0.15) is 0 Å². The predicted molar refractivity (Wildman–Crippen MR) is 60.4 cm³/mol. The van der Waals surface area contributed by atoms with Crippen LogP contribution in [0, 0.1) is 5.41 Å². The molecule has 4 heteroatoms. The Bertz CT molecular complexity index is 203. The van der Waals surface area contributed by atoms with Gasteiger partial charge in [-0.15, -0.1) is 0 Å². The molecule has 15 heavy (non-hydrogen) atoms. The molecule has 0 aromatic carbocycles. The van der Waals surface area contributed by atoms with Crippen LogP contribution in [0.1, 0.15) is 40.5 Å². The minimum Gasteiger partial charge on any atom is -0.355 e. The number of amides is 2. The van der Waals surface area contributed by atoms with Crippen LogP contribution in [0.3, 0.4) is 0 Å². The smallest absolute Gasteiger partial charge is 0.235 e. The van der Waals surface area contributed by atoms with Gasteiger partial charge in [0.05, 0.1) is 0 Å². The van der Waals surface area contributed by atoms with Gasteiger partial charge in [-0.25, -0.2) is 0 Å². The summed E-state index contributed by atoms with van der Waals surface area (Å²) in [6, 6.07) is 0. The van der Waals surface area contributed by atoms with Crippen LogP contribution in [0.15, 0.2) is 0 Å². The fourth-order valence-electron chi connectivity index (χ4n) is 1.02. The van der Waals surface area contributed by atoms with Crippen LogP contribution in [-0.2, 0) is 9.59 Å². The quantitative estimate of drug-likeness (QED) is 0.650. The van der Waals surface area contributed by atoms with Crippen molar-refractivity contribution < 1.29 is 9.59 Å². The van der Waals surface area contributed by atoms with Gasteiger partial charge in [-0.3, -0.25) is 9.59 Å². The second kappa shape index (κ2) is 6.43. The Balaban J connectivity index is 4.24. The lowest BCUT2D eigenvalue weighted by atomic mass is 9.91. The first-order valence-electron chi connectivity index (χ1n) is 5.53. The largest absolute Gasteiger partial charge is 0.355 e. The average Bonchev–Trinajstić information content (AvgIpc) is 2.21. The maximum atomic E-state index is 11.7. The first kappa shape index (κ1) is 13.9. The van der Waals surface area contributed by atoms with Crippen molar-refractivity contribution in [3.63, 3.8) is 0 Å². The minimum atomic E-state index is -0.982. The molecule has 4 nitrogen and oxygen atoms in total. The maximum Gasteiger partial charge on any atom is 0.235 e. The third-order valence-electron chi connectivity index (χ3n) is 2.21. The third kappa shape index (κ3) is 4.32. The van der Waals surface area contributed by atoms with Gasteiger partial charge in [0.1, 0.15) is 5.41 Å². The average molecular weight is 214 g/mol. The van der Waals surface area contributed by atoms with Crippen molar-refractivity contribution in [3.05, 3.63) is 0 Å². The lowest BCUT2D eigenvalue weighted by Gasteiger charge is -2.22. The van der Waals surface area contributed by atoms with Crippen LogP contribution >= 0.6 is 0 Å². The van der Waals surface area contributed by atoms with E-state index in [0.717, 1.165) is 12.8 Å². The zero-order valence-corrected chi connectivity index (χ0v) is 10.1. The molecule has 0 saturated heterocycles. The zero-order chi connectivity index (χ0) is 11.9. The Morgan fingerprint density at radius 1 is 0.933 bits per heavy atom. The number of carbonyl (C=O) groups excluding carboxylic acids is 2. The molecule has 0 fully saturated rings. The normalized spacial score (nSPS) is 10.9. The van der Waals surface area contributed by atoms with E-state index in [1.807, 2.05) is 13.8 Å². The van der Waals surface area contributed by atoms with E-state index in [4.69, 9.17) is 0 Å². The van der Waals surface area contributed by atoms with E-state index in [1.165, 1.54) is 0 Å². The molecule has 0 aliphatic carbocycles. The molecule has 0 aliphatic rings. The molecule has 0 aromatic rings. The first-order valence-corrected chi connectivity index (χ1v) is 5.53. The summed E-state index contributed by atoms with van der Waals surface area (Å²) in [5.74, 6) is -0.420. The number of hydrogen-bond donors (Lipinski definition) is 2. The van der Waals surface area contributed by atoms with E-state index in [0.29, 0.717) is 13.1 Å². The lowest BCUT2D eigenvalue weighted by Crippen LogP contribution is -2.48. The molecule has 0 aromatic heterocycles. The maximum absolute atomic E-state index is 11.7. The van der Waals surface area contributed by atoms with Gasteiger partial charge in [-0.1, -0.05) is 13.8 Å². The van der Waals surface area contributed by atoms with Crippen molar-refractivity contribution in [2.24, 2.45) is 5.41 Å². The molecule has 0 spiro atoms. The summed E-state index contributed by atoms with van der Waals surface area (Å²) >= 11 is 0. The summed E-state index contributed by atoms with van der Waals surface area (Å²) in [5.41, 5.74) is -0.982. The minimum absolute atomic E-state index is 0.210. The van der Waals surface area contributed by atoms with E-state index >= 15 is 0 Å². The van der Waals surface area contributed by atoms with Gasteiger partial charge in [0.2, 0.25) is 11.8 Å². The topological polar surface area (TPSA) is 58.2 Å². The monoisotopic (exact) mass is 214 g/mol.